The van der Waals surface area contributed by atoms with Gasteiger partial charge in [-0.1, -0.05) is 29.3 Å². The average Bonchev–Trinajstić information content (AvgIpc) is 2.26. The van der Waals surface area contributed by atoms with Crippen LogP contribution in [0, 0.1) is 0 Å². The molecule has 0 aromatic heterocycles. The van der Waals surface area contributed by atoms with Crippen molar-refractivity contribution < 1.29 is 4.74 Å². The standard InChI is InChI=1S/C11H13Cl2NO/c12-9-4-1-5-10(11(9)13)15-8-3-2-6-14-7-8/h1,4-5,8,14H,2-3,6-7H2. The summed E-state index contributed by atoms with van der Waals surface area (Å²) in [5, 5.41) is 4.33. The number of ether oxygens (including phenoxy) is 1. The van der Waals surface area contributed by atoms with Crippen LogP contribution in [0.2, 0.25) is 10.0 Å². The Hall–Kier alpha value is -0.440. The van der Waals surface area contributed by atoms with Crippen molar-refractivity contribution >= 4 is 23.2 Å². The molecule has 0 aliphatic carbocycles. The molecule has 1 aromatic carbocycles. The molecule has 0 saturated carbocycles. The van der Waals surface area contributed by atoms with E-state index in [9.17, 15) is 0 Å². The van der Waals surface area contributed by atoms with Crippen LogP contribution >= 0.6 is 23.2 Å². The molecule has 1 saturated heterocycles. The van der Waals surface area contributed by atoms with Gasteiger partial charge in [0.2, 0.25) is 0 Å². The molecule has 2 rings (SSSR count). The third-order valence-electron chi connectivity index (χ3n) is 2.46. The van der Waals surface area contributed by atoms with Gasteiger partial charge in [-0.3, -0.25) is 0 Å². The Morgan fingerprint density at radius 2 is 2.20 bits per heavy atom. The lowest BCUT2D eigenvalue weighted by Gasteiger charge is -2.24. The van der Waals surface area contributed by atoms with Crippen LogP contribution in [0.25, 0.3) is 0 Å². The lowest BCUT2D eigenvalue weighted by atomic mass is 10.1. The smallest absolute Gasteiger partial charge is 0.139 e. The van der Waals surface area contributed by atoms with Crippen LogP contribution in [-0.2, 0) is 0 Å². The molecule has 2 nitrogen and oxygen atoms in total. The van der Waals surface area contributed by atoms with Crippen LogP contribution < -0.4 is 10.1 Å². The Morgan fingerprint density at radius 3 is 2.93 bits per heavy atom. The van der Waals surface area contributed by atoms with E-state index in [1.165, 1.54) is 0 Å². The van der Waals surface area contributed by atoms with E-state index >= 15 is 0 Å². The molecule has 0 radical (unpaired) electrons. The van der Waals surface area contributed by atoms with Gasteiger partial charge in [0, 0.05) is 6.54 Å². The Bertz CT molecular complexity index is 337. The molecule has 1 aliphatic heterocycles. The van der Waals surface area contributed by atoms with Gasteiger partial charge in [-0.15, -0.1) is 0 Å². The highest BCUT2D eigenvalue weighted by molar-refractivity contribution is 6.42. The second-order valence-electron chi connectivity index (χ2n) is 3.64. The third-order valence-corrected chi connectivity index (χ3v) is 3.26. The SMILES string of the molecule is Clc1cccc(OC2CCCNC2)c1Cl. The maximum atomic E-state index is 6.04. The van der Waals surface area contributed by atoms with Crippen molar-refractivity contribution in [2.75, 3.05) is 13.1 Å². The highest BCUT2D eigenvalue weighted by atomic mass is 35.5. The first-order valence-electron chi connectivity index (χ1n) is 5.09. The van der Waals surface area contributed by atoms with Crippen LogP contribution in [0.3, 0.4) is 0 Å². The van der Waals surface area contributed by atoms with E-state index in [-0.39, 0.29) is 6.10 Å². The summed E-state index contributed by atoms with van der Waals surface area (Å²) < 4.78 is 5.79. The zero-order valence-corrected chi connectivity index (χ0v) is 9.81. The average molecular weight is 246 g/mol. The van der Waals surface area contributed by atoms with Gasteiger partial charge in [0.15, 0.2) is 0 Å². The maximum absolute atomic E-state index is 6.04. The molecule has 0 bridgehead atoms. The minimum Gasteiger partial charge on any atom is -0.487 e. The van der Waals surface area contributed by atoms with Crippen molar-refractivity contribution in [3.8, 4) is 5.75 Å². The normalized spacial score (nSPS) is 21.3. The molecular weight excluding hydrogens is 233 g/mol. The van der Waals surface area contributed by atoms with E-state index in [1.54, 1.807) is 6.07 Å². The van der Waals surface area contributed by atoms with Gasteiger partial charge in [0.05, 0.1) is 5.02 Å². The summed E-state index contributed by atoms with van der Waals surface area (Å²) in [4.78, 5) is 0. The van der Waals surface area contributed by atoms with Crippen molar-refractivity contribution in [3.05, 3.63) is 28.2 Å². The van der Waals surface area contributed by atoms with Gasteiger partial charge in [-0.25, -0.2) is 0 Å². The van der Waals surface area contributed by atoms with E-state index in [1.807, 2.05) is 12.1 Å². The van der Waals surface area contributed by atoms with Gasteiger partial charge in [0.1, 0.15) is 16.9 Å². The Morgan fingerprint density at radius 1 is 1.33 bits per heavy atom. The third kappa shape index (κ3) is 2.77. The van der Waals surface area contributed by atoms with E-state index in [4.69, 9.17) is 27.9 Å². The van der Waals surface area contributed by atoms with E-state index in [0.29, 0.717) is 15.8 Å². The highest BCUT2D eigenvalue weighted by Gasteiger charge is 2.16. The van der Waals surface area contributed by atoms with Crippen molar-refractivity contribution in [3.63, 3.8) is 0 Å². The van der Waals surface area contributed by atoms with Gasteiger partial charge < -0.3 is 10.1 Å². The van der Waals surface area contributed by atoms with Crippen molar-refractivity contribution in [2.24, 2.45) is 0 Å². The fourth-order valence-corrected chi connectivity index (χ4v) is 2.01. The zero-order valence-electron chi connectivity index (χ0n) is 8.30. The Kier molecular flexibility index (Phi) is 3.73. The number of hydrogen-bond acceptors (Lipinski definition) is 2. The van der Waals surface area contributed by atoms with E-state index in [2.05, 4.69) is 5.32 Å². The second kappa shape index (κ2) is 5.06. The van der Waals surface area contributed by atoms with Crippen LogP contribution in [0.4, 0.5) is 0 Å². The number of halogens is 2. The number of piperidine rings is 1. The monoisotopic (exact) mass is 245 g/mol. The first-order chi connectivity index (χ1) is 7.27. The molecule has 1 unspecified atom stereocenters. The minimum absolute atomic E-state index is 0.203. The van der Waals surface area contributed by atoms with Gasteiger partial charge in [-0.05, 0) is 31.5 Å². The predicted molar refractivity (Wildman–Crippen MR) is 63.0 cm³/mol. The molecule has 4 heteroatoms. The fourth-order valence-electron chi connectivity index (χ4n) is 1.68. The molecule has 1 aliphatic rings. The molecular formula is C11H13Cl2NO. The second-order valence-corrected chi connectivity index (χ2v) is 4.42. The molecule has 15 heavy (non-hydrogen) atoms. The molecule has 0 amide bonds. The summed E-state index contributed by atoms with van der Waals surface area (Å²) in [6.45, 7) is 1.95. The van der Waals surface area contributed by atoms with Crippen molar-refractivity contribution in [1.29, 1.82) is 0 Å². The summed E-state index contributed by atoms with van der Waals surface area (Å²) in [5.41, 5.74) is 0. The molecule has 1 aromatic rings. The topological polar surface area (TPSA) is 21.3 Å². The van der Waals surface area contributed by atoms with Gasteiger partial charge >= 0.3 is 0 Å². The molecule has 1 fully saturated rings. The van der Waals surface area contributed by atoms with E-state index < -0.39 is 0 Å². The number of hydrogen-bond donors (Lipinski definition) is 1. The van der Waals surface area contributed by atoms with Gasteiger partial charge in [-0.2, -0.15) is 0 Å². The zero-order chi connectivity index (χ0) is 10.7. The first kappa shape index (κ1) is 11.1. The number of benzene rings is 1. The summed E-state index contributed by atoms with van der Waals surface area (Å²) in [6, 6.07) is 5.46. The predicted octanol–water partition coefficient (Wildman–Crippen LogP) is 3.12. The number of rotatable bonds is 2. The molecule has 1 N–H and O–H groups in total. The molecule has 1 atom stereocenters. The van der Waals surface area contributed by atoms with Crippen LogP contribution in [0.1, 0.15) is 12.8 Å². The molecule has 1 heterocycles. The van der Waals surface area contributed by atoms with Crippen molar-refractivity contribution in [1.82, 2.24) is 5.32 Å². The first-order valence-corrected chi connectivity index (χ1v) is 5.84. The summed E-state index contributed by atoms with van der Waals surface area (Å²) in [6.07, 6.45) is 2.41. The van der Waals surface area contributed by atoms with Crippen LogP contribution in [0.5, 0.6) is 5.75 Å². The summed E-state index contributed by atoms with van der Waals surface area (Å²) >= 11 is 11.9. The van der Waals surface area contributed by atoms with Crippen molar-refractivity contribution in [2.45, 2.75) is 18.9 Å². The minimum atomic E-state index is 0.203. The quantitative estimate of drug-likeness (QED) is 0.865. The fraction of sp³-hybridized carbons (Fsp3) is 0.455. The molecule has 0 spiro atoms. The van der Waals surface area contributed by atoms with E-state index in [0.717, 1.165) is 25.9 Å². The summed E-state index contributed by atoms with van der Waals surface area (Å²) in [5.74, 6) is 0.679. The maximum Gasteiger partial charge on any atom is 0.139 e. The highest BCUT2D eigenvalue weighted by Crippen LogP contribution is 2.32. The summed E-state index contributed by atoms with van der Waals surface area (Å²) in [7, 11) is 0. The lowest BCUT2D eigenvalue weighted by molar-refractivity contribution is 0.167. The number of nitrogens with one attached hydrogen (secondary N) is 1. The molecule has 82 valence electrons. The largest absolute Gasteiger partial charge is 0.487 e. The Balaban J connectivity index is 2.06. The van der Waals surface area contributed by atoms with Crippen LogP contribution in [0.15, 0.2) is 18.2 Å². The Labute approximate surface area is 99.5 Å². The lowest BCUT2D eigenvalue weighted by Crippen LogP contribution is -2.37. The van der Waals surface area contributed by atoms with Crippen LogP contribution in [-0.4, -0.2) is 19.2 Å². The van der Waals surface area contributed by atoms with Gasteiger partial charge in [0.25, 0.3) is 0 Å².